The molecule has 2 aromatic carbocycles. The zero-order valence-electron chi connectivity index (χ0n) is 11.9. The third kappa shape index (κ3) is 4.25. The van der Waals surface area contributed by atoms with Crippen LogP contribution < -0.4 is 8.70 Å². The van der Waals surface area contributed by atoms with Crippen LogP contribution in [0.25, 0.3) is 0 Å². The van der Waals surface area contributed by atoms with Crippen LogP contribution in [-0.2, 0) is 0 Å². The summed E-state index contributed by atoms with van der Waals surface area (Å²) in [5, 5.41) is 1.38. The Labute approximate surface area is 122 Å². The second-order valence-corrected chi connectivity index (χ2v) is 10.0. The molecular weight excluding hydrogens is 291 g/mol. The van der Waals surface area contributed by atoms with Crippen molar-refractivity contribution in [1.29, 1.82) is 0 Å². The fraction of sp³-hybridized carbons (Fsp3) is 0.333. The maximum atomic E-state index is 2.38. The molecular formula is C18H23As. The van der Waals surface area contributed by atoms with Gasteiger partial charge < -0.3 is 0 Å². The number of rotatable bonds is 6. The first-order valence-electron chi connectivity index (χ1n) is 7.19. The van der Waals surface area contributed by atoms with Crippen molar-refractivity contribution >= 4 is 23.4 Å². The van der Waals surface area contributed by atoms with Crippen LogP contribution in [0.1, 0.15) is 26.7 Å². The van der Waals surface area contributed by atoms with Crippen molar-refractivity contribution in [3.8, 4) is 0 Å². The van der Waals surface area contributed by atoms with E-state index in [0.717, 1.165) is 5.92 Å². The standard InChI is InChI=1S/C18H23As/c1-3-16(2)14-15-19(17-10-6-4-7-11-17)18-12-8-5-9-13-18/h4-13,16H,3,14-15H2,1-2H3. The van der Waals surface area contributed by atoms with E-state index >= 15 is 0 Å². The quantitative estimate of drug-likeness (QED) is 0.713. The van der Waals surface area contributed by atoms with Crippen LogP contribution in [0.15, 0.2) is 60.7 Å². The molecule has 1 heteroatoms. The monoisotopic (exact) mass is 314 g/mol. The van der Waals surface area contributed by atoms with E-state index in [1.54, 1.807) is 8.70 Å². The van der Waals surface area contributed by atoms with Gasteiger partial charge in [-0.1, -0.05) is 0 Å². The molecule has 19 heavy (non-hydrogen) atoms. The molecule has 0 radical (unpaired) electrons. The van der Waals surface area contributed by atoms with Crippen LogP contribution in [0, 0.1) is 5.92 Å². The molecule has 0 aromatic heterocycles. The number of hydrogen-bond acceptors (Lipinski definition) is 0. The Bertz CT molecular complexity index is 424. The molecule has 2 rings (SSSR count). The molecule has 0 fully saturated rings. The molecule has 0 saturated carbocycles. The summed E-state index contributed by atoms with van der Waals surface area (Å²) in [5.41, 5.74) is 0. The first-order chi connectivity index (χ1) is 9.31. The molecule has 0 heterocycles. The summed E-state index contributed by atoms with van der Waals surface area (Å²) in [6, 6.07) is 22.3. The third-order valence-corrected chi connectivity index (χ3v) is 9.02. The van der Waals surface area contributed by atoms with Crippen molar-refractivity contribution in [3.63, 3.8) is 0 Å². The van der Waals surface area contributed by atoms with Gasteiger partial charge in [0.1, 0.15) is 0 Å². The Morgan fingerprint density at radius 2 is 1.32 bits per heavy atom. The number of benzene rings is 2. The Balaban J connectivity index is 2.19. The van der Waals surface area contributed by atoms with Crippen molar-refractivity contribution < 1.29 is 0 Å². The van der Waals surface area contributed by atoms with Gasteiger partial charge in [-0.25, -0.2) is 0 Å². The van der Waals surface area contributed by atoms with Gasteiger partial charge >= 0.3 is 122 Å². The van der Waals surface area contributed by atoms with Gasteiger partial charge in [0.25, 0.3) is 0 Å². The second kappa shape index (κ2) is 7.55. The SMILES string of the molecule is CCC(C)CC[As](c1ccccc1)c1ccccc1. The topological polar surface area (TPSA) is 0 Å². The molecule has 2 aromatic rings. The van der Waals surface area contributed by atoms with Crippen molar-refractivity contribution in [2.75, 3.05) is 0 Å². The van der Waals surface area contributed by atoms with E-state index < -0.39 is 14.7 Å². The maximum absolute atomic E-state index is 2.38. The summed E-state index contributed by atoms with van der Waals surface area (Å²) in [7, 11) is 0. The molecule has 1 unspecified atom stereocenters. The predicted octanol–water partition coefficient (Wildman–Crippen LogP) is 3.73. The third-order valence-electron chi connectivity index (χ3n) is 3.68. The van der Waals surface area contributed by atoms with Gasteiger partial charge in [-0.2, -0.15) is 0 Å². The minimum atomic E-state index is -1.10. The molecule has 0 bridgehead atoms. The molecule has 100 valence electrons. The molecule has 0 saturated heterocycles. The van der Waals surface area contributed by atoms with E-state index in [9.17, 15) is 0 Å². The van der Waals surface area contributed by atoms with Gasteiger partial charge in [-0.3, -0.25) is 0 Å². The molecule has 1 atom stereocenters. The van der Waals surface area contributed by atoms with E-state index in [2.05, 4.69) is 74.5 Å². The Hall–Kier alpha value is -1.00. The van der Waals surface area contributed by atoms with E-state index in [1.807, 2.05) is 0 Å². The number of hydrogen-bond donors (Lipinski definition) is 0. The molecule has 0 nitrogen and oxygen atoms in total. The van der Waals surface area contributed by atoms with E-state index in [-0.39, 0.29) is 0 Å². The summed E-state index contributed by atoms with van der Waals surface area (Å²) in [6.45, 7) is 4.68. The molecule has 0 aliphatic carbocycles. The van der Waals surface area contributed by atoms with Crippen molar-refractivity contribution in [3.05, 3.63) is 60.7 Å². The van der Waals surface area contributed by atoms with Crippen molar-refractivity contribution in [1.82, 2.24) is 0 Å². The second-order valence-electron chi connectivity index (χ2n) is 5.12. The zero-order chi connectivity index (χ0) is 13.5. The molecule has 0 spiro atoms. The van der Waals surface area contributed by atoms with Gasteiger partial charge in [-0.05, 0) is 0 Å². The molecule has 0 aliphatic rings. The first-order valence-corrected chi connectivity index (χ1v) is 10.4. The van der Waals surface area contributed by atoms with Crippen LogP contribution in [-0.4, -0.2) is 14.7 Å². The Kier molecular flexibility index (Phi) is 5.73. The summed E-state index contributed by atoms with van der Waals surface area (Å²) >= 11 is -1.10. The fourth-order valence-corrected chi connectivity index (χ4v) is 7.58. The van der Waals surface area contributed by atoms with Gasteiger partial charge in [0, 0.05) is 0 Å². The van der Waals surface area contributed by atoms with Gasteiger partial charge in [-0.15, -0.1) is 0 Å². The predicted molar refractivity (Wildman–Crippen MR) is 86.8 cm³/mol. The summed E-state index contributed by atoms with van der Waals surface area (Å²) in [5.74, 6) is 0.851. The summed E-state index contributed by atoms with van der Waals surface area (Å²) in [6.07, 6.45) is 2.66. The average molecular weight is 314 g/mol. The van der Waals surface area contributed by atoms with Crippen LogP contribution in [0.4, 0.5) is 0 Å². The first kappa shape index (κ1) is 14.4. The summed E-state index contributed by atoms with van der Waals surface area (Å²) in [4.78, 5) is 0. The van der Waals surface area contributed by atoms with Crippen molar-refractivity contribution in [2.45, 2.75) is 31.9 Å². The van der Waals surface area contributed by atoms with Crippen LogP contribution in [0.2, 0.25) is 5.21 Å². The molecule has 0 aliphatic heterocycles. The average Bonchev–Trinajstić information content (AvgIpc) is 2.49. The van der Waals surface area contributed by atoms with E-state index in [4.69, 9.17) is 0 Å². The Morgan fingerprint density at radius 1 is 0.842 bits per heavy atom. The normalized spacial score (nSPS) is 12.6. The van der Waals surface area contributed by atoms with E-state index in [0.29, 0.717) is 0 Å². The zero-order valence-corrected chi connectivity index (χ0v) is 13.8. The van der Waals surface area contributed by atoms with Crippen LogP contribution >= 0.6 is 0 Å². The van der Waals surface area contributed by atoms with Crippen molar-refractivity contribution in [2.24, 2.45) is 5.92 Å². The van der Waals surface area contributed by atoms with Gasteiger partial charge in [0.2, 0.25) is 0 Å². The minimum absolute atomic E-state index is 0.851. The molecule has 0 amide bonds. The Morgan fingerprint density at radius 3 is 1.74 bits per heavy atom. The summed E-state index contributed by atoms with van der Waals surface area (Å²) < 4.78 is 3.18. The fourth-order valence-electron chi connectivity index (χ4n) is 2.18. The molecule has 0 N–H and O–H groups in total. The van der Waals surface area contributed by atoms with E-state index in [1.165, 1.54) is 18.1 Å². The van der Waals surface area contributed by atoms with Gasteiger partial charge in [0.15, 0.2) is 0 Å². The van der Waals surface area contributed by atoms with Crippen LogP contribution in [0.3, 0.4) is 0 Å². The van der Waals surface area contributed by atoms with Crippen LogP contribution in [0.5, 0.6) is 0 Å². The van der Waals surface area contributed by atoms with Gasteiger partial charge in [0.05, 0.1) is 0 Å².